The number of hydrogen-bond acceptors (Lipinski definition) is 8. The van der Waals surface area contributed by atoms with Crippen molar-refractivity contribution >= 4 is 21.5 Å². The Bertz CT molecular complexity index is 1610. The van der Waals surface area contributed by atoms with Gasteiger partial charge in [0.05, 0.1) is 41.1 Å². The first kappa shape index (κ1) is 33.7. The van der Waals surface area contributed by atoms with Crippen molar-refractivity contribution in [3.05, 3.63) is 76.1 Å². The maximum absolute atomic E-state index is 14.2. The third kappa shape index (κ3) is 7.60. The van der Waals surface area contributed by atoms with Gasteiger partial charge in [0, 0.05) is 22.9 Å². The van der Waals surface area contributed by atoms with E-state index < -0.39 is 45.5 Å². The molecule has 234 valence electrons. The summed E-state index contributed by atoms with van der Waals surface area (Å²) in [4.78, 5) is 26.9. The normalized spacial score (nSPS) is 13.6. The number of pyridine rings is 1. The monoisotopic (exact) mass is 623 g/mol. The van der Waals surface area contributed by atoms with Gasteiger partial charge >= 0.3 is 6.18 Å². The van der Waals surface area contributed by atoms with Crippen LogP contribution in [0.5, 0.6) is 0 Å². The topological polar surface area (TPSA) is 136 Å². The Morgan fingerprint density at radius 1 is 1.19 bits per heavy atom. The molecule has 1 aromatic carbocycles. The fraction of sp³-hybridized carbons (Fsp3) is 0.448. The van der Waals surface area contributed by atoms with Crippen LogP contribution in [0.4, 0.5) is 13.2 Å². The Labute approximate surface area is 248 Å². The SMILES string of the molecule is CCS(=O)(=O)c1ccc(C(CO)NC(=O)c2nc(C(C)(C)C)n(Cc3cnc(/C(C)=N\OC)cc3C(F)(F)F)c2C)cc1. The van der Waals surface area contributed by atoms with Crippen molar-refractivity contribution in [3.63, 3.8) is 0 Å². The number of carbonyl (C=O) groups is 1. The van der Waals surface area contributed by atoms with E-state index in [1.54, 1.807) is 11.5 Å². The van der Waals surface area contributed by atoms with Crippen molar-refractivity contribution < 1.29 is 36.3 Å². The Hall–Kier alpha value is -3.78. The van der Waals surface area contributed by atoms with E-state index in [0.29, 0.717) is 17.1 Å². The molecule has 0 aliphatic rings. The maximum atomic E-state index is 14.2. The fourth-order valence-electron chi connectivity index (χ4n) is 4.48. The lowest BCUT2D eigenvalue weighted by atomic mass is 9.95. The number of alkyl halides is 3. The van der Waals surface area contributed by atoms with Crippen LogP contribution >= 0.6 is 0 Å². The molecule has 1 atom stereocenters. The van der Waals surface area contributed by atoms with Gasteiger partial charge in [-0.3, -0.25) is 9.78 Å². The van der Waals surface area contributed by atoms with Gasteiger partial charge in [-0.1, -0.05) is 45.0 Å². The summed E-state index contributed by atoms with van der Waals surface area (Å²) in [5.74, 6) is -0.349. The number of oxime groups is 1. The number of hydrogen-bond donors (Lipinski definition) is 2. The number of sulfone groups is 1. The van der Waals surface area contributed by atoms with Gasteiger partial charge in [-0.25, -0.2) is 13.4 Å². The van der Waals surface area contributed by atoms with Gasteiger partial charge in [-0.15, -0.1) is 0 Å². The summed E-state index contributed by atoms with van der Waals surface area (Å²) in [7, 11) is -2.15. The van der Waals surface area contributed by atoms with Crippen LogP contribution in [0.1, 0.15) is 85.1 Å². The molecule has 14 heteroatoms. The van der Waals surface area contributed by atoms with Gasteiger partial charge in [0.25, 0.3) is 5.91 Å². The van der Waals surface area contributed by atoms with Gasteiger partial charge in [-0.2, -0.15) is 13.2 Å². The molecule has 10 nitrogen and oxygen atoms in total. The Morgan fingerprint density at radius 3 is 2.33 bits per heavy atom. The predicted molar refractivity (Wildman–Crippen MR) is 155 cm³/mol. The molecule has 43 heavy (non-hydrogen) atoms. The van der Waals surface area contributed by atoms with Gasteiger partial charge in [-0.05, 0) is 37.6 Å². The molecule has 0 spiro atoms. The predicted octanol–water partition coefficient (Wildman–Crippen LogP) is 4.58. The Kier molecular flexibility index (Phi) is 10.1. The molecule has 3 rings (SSSR count). The summed E-state index contributed by atoms with van der Waals surface area (Å²) in [6.07, 6.45) is -3.57. The zero-order valence-electron chi connectivity index (χ0n) is 25.1. The highest BCUT2D eigenvalue weighted by Crippen LogP contribution is 2.34. The number of carbonyl (C=O) groups excluding carboxylic acids is 1. The minimum Gasteiger partial charge on any atom is -0.399 e. The summed E-state index contributed by atoms with van der Waals surface area (Å²) in [6.45, 7) is 9.31. The van der Waals surface area contributed by atoms with Crippen LogP contribution in [-0.4, -0.2) is 59.1 Å². The molecule has 2 N–H and O–H groups in total. The quantitative estimate of drug-likeness (QED) is 0.249. The number of nitrogens with zero attached hydrogens (tertiary/aromatic N) is 4. The first-order valence-corrected chi connectivity index (χ1v) is 15.1. The number of nitrogens with one attached hydrogen (secondary N) is 1. The van der Waals surface area contributed by atoms with Gasteiger partial charge < -0.3 is 19.8 Å². The second kappa shape index (κ2) is 12.8. The zero-order chi connectivity index (χ0) is 32.3. The molecular weight excluding hydrogens is 587 g/mol. The number of rotatable bonds is 10. The van der Waals surface area contributed by atoms with E-state index in [4.69, 9.17) is 0 Å². The third-order valence-corrected chi connectivity index (χ3v) is 8.59. The minimum atomic E-state index is -4.70. The average molecular weight is 624 g/mol. The fourth-order valence-corrected chi connectivity index (χ4v) is 5.36. The average Bonchev–Trinajstić information content (AvgIpc) is 3.27. The van der Waals surface area contributed by atoms with Crippen molar-refractivity contribution in [2.24, 2.45) is 5.16 Å². The van der Waals surface area contributed by atoms with Crippen molar-refractivity contribution in [1.29, 1.82) is 0 Å². The minimum absolute atomic E-state index is 0.00626. The van der Waals surface area contributed by atoms with E-state index in [1.807, 2.05) is 20.8 Å². The number of imidazole rings is 1. The molecule has 2 aromatic heterocycles. The Morgan fingerprint density at radius 2 is 1.81 bits per heavy atom. The molecule has 0 saturated heterocycles. The smallest absolute Gasteiger partial charge is 0.399 e. The van der Waals surface area contributed by atoms with Crippen LogP contribution in [0.3, 0.4) is 0 Å². The van der Waals surface area contributed by atoms with Crippen LogP contribution in [0, 0.1) is 6.92 Å². The zero-order valence-corrected chi connectivity index (χ0v) is 25.9. The van der Waals surface area contributed by atoms with Crippen LogP contribution < -0.4 is 5.32 Å². The molecule has 0 bridgehead atoms. The molecule has 0 radical (unpaired) electrons. The van der Waals surface area contributed by atoms with E-state index in [2.05, 4.69) is 25.3 Å². The molecule has 0 saturated carbocycles. The van der Waals surface area contributed by atoms with E-state index in [-0.39, 0.29) is 39.9 Å². The summed E-state index contributed by atoms with van der Waals surface area (Å²) in [5, 5.41) is 16.4. The molecule has 0 aliphatic carbocycles. The number of halogens is 3. The highest BCUT2D eigenvalue weighted by Gasteiger charge is 2.36. The molecule has 0 aliphatic heterocycles. The molecule has 3 aromatic rings. The van der Waals surface area contributed by atoms with Crippen LogP contribution in [0.25, 0.3) is 0 Å². The molecule has 2 heterocycles. The van der Waals surface area contributed by atoms with E-state index in [9.17, 15) is 31.5 Å². The van der Waals surface area contributed by atoms with Crippen molar-refractivity contribution in [2.75, 3.05) is 19.5 Å². The van der Waals surface area contributed by atoms with Crippen molar-refractivity contribution in [1.82, 2.24) is 19.9 Å². The van der Waals surface area contributed by atoms with Gasteiger partial charge in [0.15, 0.2) is 9.84 Å². The largest absolute Gasteiger partial charge is 0.416 e. The summed E-state index contributed by atoms with van der Waals surface area (Å²) >= 11 is 0. The maximum Gasteiger partial charge on any atom is 0.416 e. The van der Waals surface area contributed by atoms with E-state index in [0.717, 1.165) is 12.3 Å². The summed E-state index contributed by atoms with van der Waals surface area (Å²) < 4.78 is 68.3. The van der Waals surface area contributed by atoms with Crippen LogP contribution in [-0.2, 0) is 32.8 Å². The summed E-state index contributed by atoms with van der Waals surface area (Å²) in [6, 6.07) is 5.84. The number of aromatic nitrogens is 3. The van der Waals surface area contributed by atoms with E-state index in [1.165, 1.54) is 45.2 Å². The lowest BCUT2D eigenvalue weighted by Crippen LogP contribution is -2.31. The van der Waals surface area contributed by atoms with E-state index >= 15 is 0 Å². The van der Waals surface area contributed by atoms with Gasteiger partial charge in [0.1, 0.15) is 24.3 Å². The summed E-state index contributed by atoms with van der Waals surface area (Å²) in [5.41, 5.74) is -0.751. The highest BCUT2D eigenvalue weighted by molar-refractivity contribution is 7.91. The lowest BCUT2D eigenvalue weighted by Gasteiger charge is -2.22. The third-order valence-electron chi connectivity index (χ3n) is 6.84. The molecular formula is C29H36F3N5O5S. The second-order valence-electron chi connectivity index (χ2n) is 11.0. The Balaban J connectivity index is 2.02. The van der Waals surface area contributed by atoms with Crippen LogP contribution in [0.2, 0.25) is 0 Å². The number of aliphatic hydroxyl groups is 1. The highest BCUT2D eigenvalue weighted by atomic mass is 32.2. The van der Waals surface area contributed by atoms with Crippen LogP contribution in [0.15, 0.2) is 46.6 Å². The number of benzene rings is 1. The standard InChI is InChI=1S/C29H36F3N5O5S/c1-8-43(40,41)21-11-9-19(10-12-21)24(16-38)34-26(39)25-18(3)37(27(35-25)28(4,5)6)15-20-14-33-23(17(2)36-42-7)13-22(20)29(30,31)32/h9-14,24,38H,8,15-16H2,1-7H3,(H,34,39)/b36-17-. The molecule has 1 unspecified atom stereocenters. The lowest BCUT2D eigenvalue weighted by molar-refractivity contribution is -0.138. The molecule has 1 amide bonds. The molecule has 0 fully saturated rings. The van der Waals surface area contributed by atoms with Crippen molar-refractivity contribution in [2.45, 2.75) is 70.6 Å². The number of amides is 1. The van der Waals surface area contributed by atoms with Crippen molar-refractivity contribution in [3.8, 4) is 0 Å². The number of aliphatic hydroxyl groups excluding tert-OH is 1. The first-order valence-electron chi connectivity index (χ1n) is 13.4. The first-order chi connectivity index (χ1) is 19.9. The van der Waals surface area contributed by atoms with Gasteiger partial charge in [0.2, 0.25) is 0 Å². The second-order valence-corrected chi connectivity index (χ2v) is 13.2.